The molecule has 0 bridgehead atoms. The second-order valence-corrected chi connectivity index (χ2v) is 4.53. The first kappa shape index (κ1) is 11.9. The van der Waals surface area contributed by atoms with Crippen molar-refractivity contribution in [1.82, 2.24) is 0 Å². The molecule has 2 rings (SSSR count). The van der Waals surface area contributed by atoms with E-state index in [-0.39, 0.29) is 11.9 Å². The van der Waals surface area contributed by atoms with Crippen molar-refractivity contribution in [2.75, 3.05) is 25.1 Å². The number of nitrogens with zero attached hydrogens (tertiary/aromatic N) is 1. The van der Waals surface area contributed by atoms with E-state index < -0.39 is 0 Å². The maximum Gasteiger partial charge on any atom is 0.146 e. The molecule has 4 heteroatoms. The molecule has 1 saturated heterocycles. The number of halogens is 2. The Morgan fingerprint density at radius 3 is 3.00 bits per heavy atom. The lowest BCUT2D eigenvalue weighted by Crippen LogP contribution is -2.24. The first-order valence-corrected chi connectivity index (χ1v) is 6.49. The fourth-order valence-electron chi connectivity index (χ4n) is 2.15. The monoisotopic (exact) mass is 287 g/mol. The molecule has 1 atom stereocenters. The zero-order valence-electron chi connectivity index (χ0n) is 9.25. The molecule has 1 aliphatic heterocycles. The lowest BCUT2D eigenvalue weighted by Gasteiger charge is -2.21. The Morgan fingerprint density at radius 1 is 1.56 bits per heavy atom. The van der Waals surface area contributed by atoms with Crippen LogP contribution in [0.4, 0.5) is 10.1 Å². The summed E-state index contributed by atoms with van der Waals surface area (Å²) in [6.45, 7) is 1.64. The summed E-state index contributed by atoms with van der Waals surface area (Å²) in [4.78, 5) is 2.07. The second-order valence-electron chi connectivity index (χ2n) is 3.97. The molecular weight excluding hydrogens is 273 g/mol. The fourth-order valence-corrected chi connectivity index (χ4v) is 2.60. The van der Waals surface area contributed by atoms with Gasteiger partial charge in [-0.15, -0.1) is 0 Å². The molecular formula is C12H15BrFNO. The summed E-state index contributed by atoms with van der Waals surface area (Å²) in [5.41, 5.74) is 1.72. The lowest BCUT2D eigenvalue weighted by atomic mass is 10.2. The molecule has 16 heavy (non-hydrogen) atoms. The Morgan fingerprint density at radius 2 is 2.38 bits per heavy atom. The molecule has 0 saturated carbocycles. The van der Waals surface area contributed by atoms with Crippen LogP contribution in [0, 0.1) is 5.82 Å². The summed E-state index contributed by atoms with van der Waals surface area (Å²) in [5.74, 6) is -0.145. The van der Waals surface area contributed by atoms with Gasteiger partial charge in [-0.1, -0.05) is 28.1 Å². The summed E-state index contributed by atoms with van der Waals surface area (Å²) in [5, 5.41) is 0.675. The van der Waals surface area contributed by atoms with E-state index in [1.54, 1.807) is 13.2 Å². The van der Waals surface area contributed by atoms with Gasteiger partial charge in [0.05, 0.1) is 11.8 Å². The largest absolute Gasteiger partial charge is 0.380 e. The molecule has 88 valence electrons. The topological polar surface area (TPSA) is 12.5 Å². The molecule has 1 unspecified atom stereocenters. The number of anilines is 1. The smallest absolute Gasteiger partial charge is 0.146 e. The van der Waals surface area contributed by atoms with Gasteiger partial charge in [0.1, 0.15) is 5.82 Å². The highest BCUT2D eigenvalue weighted by atomic mass is 79.9. The molecule has 0 aliphatic carbocycles. The highest BCUT2D eigenvalue weighted by Gasteiger charge is 2.25. The molecule has 0 radical (unpaired) electrons. The maximum absolute atomic E-state index is 13.8. The third kappa shape index (κ3) is 2.23. The Balaban J connectivity index is 2.26. The zero-order valence-corrected chi connectivity index (χ0v) is 10.8. The molecule has 0 amide bonds. The molecule has 0 spiro atoms. The van der Waals surface area contributed by atoms with Crippen molar-refractivity contribution in [3.63, 3.8) is 0 Å². The van der Waals surface area contributed by atoms with Crippen LogP contribution in [0.5, 0.6) is 0 Å². The Bertz CT molecular complexity index is 372. The quantitative estimate of drug-likeness (QED) is 0.793. The van der Waals surface area contributed by atoms with Crippen molar-refractivity contribution in [2.24, 2.45) is 0 Å². The number of hydrogen-bond donors (Lipinski definition) is 0. The van der Waals surface area contributed by atoms with Gasteiger partial charge in [0.25, 0.3) is 0 Å². The summed E-state index contributed by atoms with van der Waals surface area (Å²) < 4.78 is 19.1. The van der Waals surface area contributed by atoms with E-state index in [0.29, 0.717) is 5.33 Å². The van der Waals surface area contributed by atoms with Crippen molar-refractivity contribution < 1.29 is 9.13 Å². The first-order valence-electron chi connectivity index (χ1n) is 5.37. The Hall–Kier alpha value is -0.610. The van der Waals surface area contributed by atoms with E-state index in [4.69, 9.17) is 4.74 Å². The fraction of sp³-hybridized carbons (Fsp3) is 0.500. The van der Waals surface area contributed by atoms with Crippen LogP contribution < -0.4 is 4.90 Å². The van der Waals surface area contributed by atoms with Crippen LogP contribution in [0.2, 0.25) is 0 Å². The molecule has 2 nitrogen and oxygen atoms in total. The Labute approximate surface area is 104 Å². The summed E-state index contributed by atoms with van der Waals surface area (Å²) in [6, 6.07) is 5.22. The van der Waals surface area contributed by atoms with Crippen molar-refractivity contribution in [1.29, 1.82) is 0 Å². The van der Waals surface area contributed by atoms with Crippen LogP contribution in [0.25, 0.3) is 0 Å². The minimum Gasteiger partial charge on any atom is -0.380 e. The van der Waals surface area contributed by atoms with Crippen molar-refractivity contribution >= 4 is 21.6 Å². The second kappa shape index (κ2) is 5.15. The van der Waals surface area contributed by atoms with Crippen LogP contribution in [-0.2, 0) is 10.1 Å². The predicted octanol–water partition coefficient (Wildman–Crippen LogP) is 2.95. The number of rotatable bonds is 3. The number of hydrogen-bond acceptors (Lipinski definition) is 2. The highest BCUT2D eigenvalue weighted by molar-refractivity contribution is 9.08. The average molecular weight is 288 g/mol. The normalized spacial score (nSPS) is 20.4. The van der Waals surface area contributed by atoms with E-state index >= 15 is 0 Å². The third-order valence-electron chi connectivity index (χ3n) is 3.01. The van der Waals surface area contributed by atoms with Crippen molar-refractivity contribution in [3.8, 4) is 0 Å². The van der Waals surface area contributed by atoms with E-state index in [0.717, 1.165) is 30.8 Å². The van der Waals surface area contributed by atoms with Crippen LogP contribution >= 0.6 is 15.9 Å². The van der Waals surface area contributed by atoms with Gasteiger partial charge in [-0.2, -0.15) is 0 Å². The van der Waals surface area contributed by atoms with Gasteiger partial charge in [0.15, 0.2) is 0 Å². The number of alkyl halides is 1. The highest BCUT2D eigenvalue weighted by Crippen LogP contribution is 2.29. The van der Waals surface area contributed by atoms with Crippen LogP contribution in [0.15, 0.2) is 18.2 Å². The van der Waals surface area contributed by atoms with E-state index in [1.807, 2.05) is 6.07 Å². The van der Waals surface area contributed by atoms with Crippen LogP contribution in [0.3, 0.4) is 0 Å². The molecule has 1 aromatic carbocycles. The van der Waals surface area contributed by atoms with Gasteiger partial charge in [-0.25, -0.2) is 4.39 Å². The van der Waals surface area contributed by atoms with E-state index in [1.165, 1.54) is 6.07 Å². The van der Waals surface area contributed by atoms with Crippen molar-refractivity contribution in [2.45, 2.75) is 17.9 Å². The van der Waals surface area contributed by atoms with Crippen molar-refractivity contribution in [3.05, 3.63) is 29.6 Å². The van der Waals surface area contributed by atoms with Gasteiger partial charge in [-0.05, 0) is 18.1 Å². The molecule has 0 aromatic heterocycles. The predicted molar refractivity (Wildman–Crippen MR) is 66.7 cm³/mol. The Kier molecular flexibility index (Phi) is 3.82. The van der Waals surface area contributed by atoms with Gasteiger partial charge >= 0.3 is 0 Å². The maximum atomic E-state index is 13.8. The summed E-state index contributed by atoms with van der Waals surface area (Å²) in [6.07, 6.45) is 1.19. The zero-order chi connectivity index (χ0) is 11.5. The number of ether oxygens (including phenoxy) is 1. The first-order chi connectivity index (χ1) is 7.76. The molecule has 1 fully saturated rings. The summed E-state index contributed by atoms with van der Waals surface area (Å²) >= 11 is 3.40. The number of para-hydroxylation sites is 1. The number of benzene rings is 1. The number of methoxy groups -OCH3 is 1. The van der Waals surface area contributed by atoms with Gasteiger partial charge in [0, 0.05) is 25.5 Å². The van der Waals surface area contributed by atoms with Gasteiger partial charge < -0.3 is 9.64 Å². The van der Waals surface area contributed by atoms with Crippen LogP contribution in [-0.4, -0.2) is 26.3 Å². The molecule has 0 N–H and O–H groups in total. The van der Waals surface area contributed by atoms with E-state index in [9.17, 15) is 4.39 Å². The summed E-state index contributed by atoms with van der Waals surface area (Å²) in [7, 11) is 1.71. The lowest BCUT2D eigenvalue weighted by molar-refractivity contribution is 0.121. The minimum atomic E-state index is -0.145. The van der Waals surface area contributed by atoms with Crippen LogP contribution in [0.1, 0.15) is 12.0 Å². The van der Waals surface area contributed by atoms with E-state index in [2.05, 4.69) is 20.8 Å². The molecule has 1 heterocycles. The minimum absolute atomic E-state index is 0.145. The third-order valence-corrected chi connectivity index (χ3v) is 3.61. The van der Waals surface area contributed by atoms with Gasteiger partial charge in [0.2, 0.25) is 0 Å². The SMILES string of the molecule is COC1CCN(c2c(F)cccc2CBr)C1. The average Bonchev–Trinajstić information content (AvgIpc) is 2.76. The molecule has 1 aromatic rings. The molecule has 1 aliphatic rings. The standard InChI is InChI=1S/C12H15BrFNO/c1-16-10-5-6-15(8-10)12-9(7-13)3-2-4-11(12)14/h2-4,10H,5-8H2,1H3. The van der Waals surface area contributed by atoms with Gasteiger partial charge in [-0.3, -0.25) is 0 Å².